The van der Waals surface area contributed by atoms with E-state index < -0.39 is 112 Å². The van der Waals surface area contributed by atoms with E-state index in [1.807, 2.05) is 18.9 Å². The Morgan fingerprint density at radius 2 is 1.71 bits per heavy atom. The number of benzene rings is 1. The molecule has 4 rings (SSSR count). The van der Waals surface area contributed by atoms with E-state index in [4.69, 9.17) is 18.9 Å². The van der Waals surface area contributed by atoms with E-state index in [1.165, 1.54) is 44.7 Å². The molecule has 1 aromatic carbocycles. The Balaban J connectivity index is 1.55. The van der Waals surface area contributed by atoms with E-state index in [9.17, 15) is 42.5 Å². The predicted molar refractivity (Wildman–Crippen MR) is 227 cm³/mol. The van der Waals surface area contributed by atoms with Gasteiger partial charge in [0.25, 0.3) is 0 Å². The number of hydrogen-bond acceptors (Lipinski definition) is 15. The van der Waals surface area contributed by atoms with Crippen molar-refractivity contribution in [2.45, 2.75) is 146 Å². The second kappa shape index (κ2) is 20.6. The van der Waals surface area contributed by atoms with Gasteiger partial charge in [0.15, 0.2) is 21.9 Å². The van der Waals surface area contributed by atoms with Crippen LogP contribution in [0, 0.1) is 23.7 Å². The Morgan fingerprint density at radius 1 is 1.08 bits per heavy atom. The van der Waals surface area contributed by atoms with Crippen molar-refractivity contribution in [2.24, 2.45) is 23.7 Å². The zero-order valence-corrected chi connectivity index (χ0v) is 38.7. The summed E-state index contributed by atoms with van der Waals surface area (Å²) < 4.78 is 64.2. The zero-order valence-electron chi connectivity index (χ0n) is 37.9. The number of methoxy groups -OCH3 is 1. The second-order valence-electron chi connectivity index (χ2n) is 17.8. The Bertz CT molecular complexity index is 2000. The number of rotatable bonds is 13. The van der Waals surface area contributed by atoms with Crippen LogP contribution in [-0.2, 0) is 49.6 Å². The maximum atomic E-state index is 14.4. The van der Waals surface area contributed by atoms with Crippen molar-refractivity contribution in [3.63, 3.8) is 0 Å². The molecule has 0 amide bonds. The number of esters is 1. The van der Waals surface area contributed by atoms with Gasteiger partial charge in [0.2, 0.25) is 0 Å². The highest BCUT2D eigenvalue weighted by atomic mass is 32.2. The summed E-state index contributed by atoms with van der Waals surface area (Å²) in [5.74, 6) is -6.09. The first-order chi connectivity index (χ1) is 28.8. The largest absolute Gasteiger partial charge is 0.459 e. The minimum atomic E-state index is -3.41. The number of aliphatic hydroxyl groups is 3. The van der Waals surface area contributed by atoms with Gasteiger partial charge >= 0.3 is 5.97 Å². The molecule has 2 aromatic rings. The summed E-state index contributed by atoms with van der Waals surface area (Å²) in [5.41, 5.74) is -1.89. The lowest BCUT2D eigenvalue weighted by molar-refractivity contribution is -0.296. The number of cyclic esters (lactones) is 1. The summed E-state index contributed by atoms with van der Waals surface area (Å²) >= 11 is 0. The summed E-state index contributed by atoms with van der Waals surface area (Å²) in [6.45, 7) is 16.2. The van der Waals surface area contributed by atoms with E-state index in [0.29, 0.717) is 36.2 Å². The van der Waals surface area contributed by atoms with Gasteiger partial charge in [-0.15, -0.1) is 5.10 Å². The summed E-state index contributed by atoms with van der Waals surface area (Å²) in [6, 6.07) is 4.63. The van der Waals surface area contributed by atoms with Crippen LogP contribution in [-0.4, -0.2) is 149 Å². The van der Waals surface area contributed by atoms with E-state index >= 15 is 0 Å². The number of allylic oxidation sites excluding steroid dienone is 1. The predicted octanol–water partition coefficient (Wildman–Crippen LogP) is 3.55. The first-order valence-electron chi connectivity index (χ1n) is 21.2. The van der Waals surface area contributed by atoms with Crippen LogP contribution in [0.5, 0.6) is 0 Å². The highest BCUT2D eigenvalue weighted by Crippen LogP contribution is 2.38. The molecule has 2 fully saturated rings. The fraction of sp³-hybridized carbons (Fsp3) is 0.705. The van der Waals surface area contributed by atoms with Gasteiger partial charge in [-0.2, -0.15) is 0 Å². The van der Waals surface area contributed by atoms with Gasteiger partial charge in [-0.25, -0.2) is 17.5 Å². The number of sulfone groups is 1. The summed E-state index contributed by atoms with van der Waals surface area (Å²) in [4.78, 5) is 43.6. The molecule has 0 aliphatic carbocycles. The van der Waals surface area contributed by atoms with Gasteiger partial charge in [0.1, 0.15) is 42.2 Å². The fourth-order valence-electron chi connectivity index (χ4n) is 8.83. The topological polar surface area (TPSA) is 217 Å². The van der Waals surface area contributed by atoms with E-state index in [1.54, 1.807) is 46.0 Å². The van der Waals surface area contributed by atoms with Crippen LogP contribution in [0.15, 0.2) is 41.9 Å². The average molecular weight is 895 g/mol. The number of carbonyl (C=O) groups is 3. The number of Topliss-reactive ketones (excluding diaryl/α,β-unsaturated/α-hetero) is 2. The first kappa shape index (κ1) is 51.1. The lowest BCUT2D eigenvalue weighted by Gasteiger charge is -2.47. The Morgan fingerprint density at radius 3 is 2.27 bits per heavy atom. The van der Waals surface area contributed by atoms with Crippen LogP contribution in [0.4, 0.5) is 4.39 Å². The number of aromatic nitrogens is 3. The van der Waals surface area contributed by atoms with Crippen molar-refractivity contribution in [1.29, 1.82) is 0 Å². The standard InChI is InChI=1S/C44H67FN4O12S/c1-13-35-44(9,55)39(53)27(5)36(50)24(2)21-43(8,58-11)40(28(6)37(51)29(7)41(54)60-35)61-42-38(52)33(20-25(3)59-42)48(10)19-18-31-23-49(47-46-31)34(22-45)26(4)30-14-16-32(17-15-30)62(12,56)57/h14-17,23-25,27-29,33-35,38-40,42,52-53,55H,4,13,18-22H2,1-3,5-12H3/t24-,25-,27+,28+,29-,33+,34-,35-,38-,39-,40-,42+,43-,44-/m1/s1. The van der Waals surface area contributed by atoms with Gasteiger partial charge in [0.05, 0.1) is 34.5 Å². The van der Waals surface area contributed by atoms with Crippen LogP contribution in [0.3, 0.4) is 0 Å². The van der Waals surface area contributed by atoms with Crippen LogP contribution in [0.2, 0.25) is 0 Å². The summed E-state index contributed by atoms with van der Waals surface area (Å²) in [5, 5.41) is 43.0. The molecule has 348 valence electrons. The van der Waals surface area contributed by atoms with Crippen molar-refractivity contribution < 1.29 is 61.5 Å². The molecule has 0 saturated carbocycles. The quantitative estimate of drug-likeness (QED) is 0.194. The summed E-state index contributed by atoms with van der Waals surface area (Å²) in [6.07, 6.45) is -3.34. The van der Waals surface area contributed by atoms with Gasteiger partial charge in [0, 0.05) is 56.3 Å². The molecule has 3 heterocycles. The Labute approximate surface area is 365 Å². The molecule has 18 heteroatoms. The molecule has 0 radical (unpaired) electrons. The van der Waals surface area contributed by atoms with Crippen molar-refractivity contribution in [3.8, 4) is 0 Å². The molecule has 0 bridgehead atoms. The number of carbonyl (C=O) groups excluding carboxylic acids is 3. The third-order valence-electron chi connectivity index (χ3n) is 13.0. The van der Waals surface area contributed by atoms with Gasteiger partial charge in [-0.3, -0.25) is 14.4 Å². The zero-order chi connectivity index (χ0) is 46.6. The normalized spacial score (nSPS) is 35.0. The number of aliphatic hydroxyl groups excluding tert-OH is 2. The minimum absolute atomic E-state index is 0.00825. The molecule has 1 aromatic heterocycles. The first-order valence-corrected chi connectivity index (χ1v) is 23.1. The van der Waals surface area contributed by atoms with E-state index in [-0.39, 0.29) is 23.5 Å². The molecule has 2 saturated heterocycles. The highest BCUT2D eigenvalue weighted by molar-refractivity contribution is 7.90. The van der Waals surface area contributed by atoms with Crippen LogP contribution >= 0.6 is 0 Å². The van der Waals surface area contributed by atoms with E-state index in [0.717, 1.165) is 6.26 Å². The van der Waals surface area contributed by atoms with Crippen molar-refractivity contribution in [3.05, 3.63) is 48.3 Å². The minimum Gasteiger partial charge on any atom is -0.459 e. The molecule has 16 nitrogen and oxygen atoms in total. The number of halogens is 1. The molecule has 0 spiro atoms. The molecule has 2 aliphatic rings. The lowest BCUT2D eigenvalue weighted by Crippen LogP contribution is -2.60. The third-order valence-corrected chi connectivity index (χ3v) is 14.1. The number of hydrogen-bond donors (Lipinski definition) is 3. The van der Waals surface area contributed by atoms with E-state index in [2.05, 4.69) is 16.9 Å². The molecule has 3 N–H and O–H groups in total. The monoisotopic (exact) mass is 894 g/mol. The maximum absolute atomic E-state index is 14.4. The fourth-order valence-corrected chi connectivity index (χ4v) is 9.46. The number of alkyl halides is 1. The van der Waals surface area contributed by atoms with Crippen LogP contribution in [0.1, 0.15) is 92.0 Å². The van der Waals surface area contributed by atoms with Crippen molar-refractivity contribution in [2.75, 3.05) is 33.6 Å². The number of nitrogens with zero attached hydrogens (tertiary/aromatic N) is 4. The van der Waals surface area contributed by atoms with Gasteiger partial charge < -0.3 is 39.2 Å². The van der Waals surface area contributed by atoms with Crippen molar-refractivity contribution in [1.82, 2.24) is 19.9 Å². The second-order valence-corrected chi connectivity index (χ2v) is 19.8. The van der Waals surface area contributed by atoms with Crippen molar-refractivity contribution >= 4 is 32.9 Å². The Hall–Kier alpha value is -3.49. The number of ether oxygens (including phenoxy) is 4. The highest BCUT2D eigenvalue weighted by Gasteiger charge is 2.52. The Kier molecular flexibility index (Phi) is 17.0. The molecule has 62 heavy (non-hydrogen) atoms. The summed E-state index contributed by atoms with van der Waals surface area (Å²) in [7, 11) is -0.173. The molecular formula is C44H67FN4O12S. The maximum Gasteiger partial charge on any atom is 0.316 e. The van der Waals surface area contributed by atoms with Gasteiger partial charge in [-0.1, -0.05) is 51.6 Å². The smallest absolute Gasteiger partial charge is 0.316 e. The number of ketones is 2. The molecule has 2 aliphatic heterocycles. The SMILES string of the molecule is C=C(c1ccc(S(C)(=O)=O)cc1)[C@@H](CF)n1cc(CCN(C)[C@H]2C[C@@H](C)O[C@@H](O[C@@H]3[C@@H](C)C(=O)[C@@H](C)C(=O)O[C@H](CC)[C@@](C)(O)[C@H](O)[C@@H](C)C(=O)[C@H](C)C[C@@]3(C)OC)[C@@H]2O)nn1. The lowest BCUT2D eigenvalue weighted by atomic mass is 9.74. The third kappa shape index (κ3) is 11.2. The molecular weight excluding hydrogens is 828 g/mol. The molecule has 14 atom stereocenters. The molecule has 0 unspecified atom stereocenters. The average Bonchev–Trinajstić information content (AvgIpc) is 3.70. The van der Waals surface area contributed by atoms with Crippen LogP contribution in [0.25, 0.3) is 5.57 Å². The van der Waals surface area contributed by atoms with Crippen LogP contribution < -0.4 is 0 Å². The van der Waals surface area contributed by atoms with Gasteiger partial charge in [-0.05, 0) is 77.3 Å². The number of likely N-dealkylation sites (N-methyl/N-ethyl adjacent to an activating group) is 1.